The van der Waals surface area contributed by atoms with Gasteiger partial charge in [-0.3, -0.25) is 0 Å². The second-order valence-corrected chi connectivity index (χ2v) is 9.96. The van der Waals surface area contributed by atoms with E-state index in [2.05, 4.69) is 75.8 Å². The Labute approximate surface area is 206 Å². The Morgan fingerprint density at radius 1 is 0.912 bits per heavy atom. The molecule has 3 heterocycles. The highest BCUT2D eigenvalue weighted by Gasteiger charge is 2.34. The average molecular weight is 472 g/mol. The summed E-state index contributed by atoms with van der Waals surface area (Å²) in [7, 11) is 0. The number of halogens is 1. The van der Waals surface area contributed by atoms with Crippen LogP contribution >= 0.6 is 11.6 Å². The maximum Gasteiger partial charge on any atom is 0.129 e. The topological polar surface area (TPSA) is 57.4 Å². The molecule has 1 aliphatic carbocycles. The standard InChI is InChI=1S/C28H30ClN5/c29-25-26-21(9-12-24(32-26)33-17-15-31-16-18-33)19-34(23-5-2-1-3-6-23)27(25)20-7-10-22(11-8-20)28(30)13-4-14-28/h1-3,5-12,31H,4,13-19,30H2. The third-order valence-electron chi connectivity index (χ3n) is 7.47. The molecular formula is C28H30ClN5. The summed E-state index contributed by atoms with van der Waals surface area (Å²) in [6, 6.07) is 23.5. The molecule has 3 N–H and O–H groups in total. The van der Waals surface area contributed by atoms with Gasteiger partial charge < -0.3 is 20.9 Å². The van der Waals surface area contributed by atoms with E-state index in [0.717, 1.165) is 79.6 Å². The molecule has 2 fully saturated rings. The number of nitrogens with zero attached hydrogens (tertiary/aromatic N) is 3. The molecule has 6 heteroatoms. The zero-order valence-corrected chi connectivity index (χ0v) is 20.1. The van der Waals surface area contributed by atoms with Crippen LogP contribution in [0, 0.1) is 0 Å². The van der Waals surface area contributed by atoms with Crippen molar-refractivity contribution in [2.24, 2.45) is 5.73 Å². The van der Waals surface area contributed by atoms with Gasteiger partial charge in [-0.05, 0) is 54.2 Å². The smallest absolute Gasteiger partial charge is 0.129 e. The van der Waals surface area contributed by atoms with Crippen molar-refractivity contribution >= 4 is 33.8 Å². The summed E-state index contributed by atoms with van der Waals surface area (Å²) < 4.78 is 0. The molecule has 34 heavy (non-hydrogen) atoms. The Balaban J connectivity index is 1.44. The number of rotatable bonds is 4. The zero-order chi connectivity index (χ0) is 23.1. The van der Waals surface area contributed by atoms with Crippen LogP contribution < -0.4 is 20.9 Å². The zero-order valence-electron chi connectivity index (χ0n) is 19.3. The molecule has 1 saturated heterocycles. The van der Waals surface area contributed by atoms with Gasteiger partial charge in [0.2, 0.25) is 0 Å². The van der Waals surface area contributed by atoms with Crippen LogP contribution in [0.3, 0.4) is 0 Å². The molecule has 1 saturated carbocycles. The van der Waals surface area contributed by atoms with Crippen LogP contribution in [-0.2, 0) is 12.1 Å². The van der Waals surface area contributed by atoms with Crippen LogP contribution in [0.5, 0.6) is 0 Å². The number of nitrogens with two attached hydrogens (primary N) is 1. The summed E-state index contributed by atoms with van der Waals surface area (Å²) in [5, 5.41) is 4.11. The fourth-order valence-electron chi connectivity index (χ4n) is 5.26. The highest BCUT2D eigenvalue weighted by Crippen LogP contribution is 2.43. The van der Waals surface area contributed by atoms with Gasteiger partial charge >= 0.3 is 0 Å². The van der Waals surface area contributed by atoms with Crippen LogP contribution in [0.15, 0.2) is 66.7 Å². The summed E-state index contributed by atoms with van der Waals surface area (Å²) in [6.07, 6.45) is 3.31. The van der Waals surface area contributed by atoms with Gasteiger partial charge in [-0.1, -0.05) is 60.1 Å². The maximum atomic E-state index is 7.19. The second kappa shape index (κ2) is 8.73. The first-order valence-electron chi connectivity index (χ1n) is 12.2. The van der Waals surface area contributed by atoms with Gasteiger partial charge in [0, 0.05) is 37.4 Å². The quantitative estimate of drug-likeness (QED) is 0.566. The number of anilines is 2. The molecule has 0 amide bonds. The lowest BCUT2D eigenvalue weighted by Gasteiger charge is -2.39. The van der Waals surface area contributed by atoms with E-state index in [1.807, 2.05) is 6.07 Å². The number of hydrogen-bond donors (Lipinski definition) is 2. The highest BCUT2D eigenvalue weighted by molar-refractivity contribution is 6.53. The fraction of sp³-hybridized carbons (Fsp3) is 0.321. The molecule has 0 atom stereocenters. The van der Waals surface area contributed by atoms with E-state index in [1.54, 1.807) is 0 Å². The molecule has 1 aromatic heterocycles. The van der Waals surface area contributed by atoms with Gasteiger partial charge in [-0.25, -0.2) is 4.98 Å². The highest BCUT2D eigenvalue weighted by atomic mass is 35.5. The lowest BCUT2D eigenvalue weighted by atomic mass is 9.72. The van der Waals surface area contributed by atoms with Gasteiger partial charge in [0.25, 0.3) is 0 Å². The normalized spacial score (nSPS) is 19.6. The Morgan fingerprint density at radius 2 is 1.65 bits per heavy atom. The molecule has 0 bridgehead atoms. The van der Waals surface area contributed by atoms with Crippen molar-refractivity contribution in [1.82, 2.24) is 10.3 Å². The first-order valence-corrected chi connectivity index (χ1v) is 12.6. The van der Waals surface area contributed by atoms with E-state index < -0.39 is 0 Å². The largest absolute Gasteiger partial charge is 0.354 e. The van der Waals surface area contributed by atoms with Gasteiger partial charge in [0.15, 0.2) is 0 Å². The van der Waals surface area contributed by atoms with E-state index in [9.17, 15) is 0 Å². The number of nitrogens with one attached hydrogen (secondary N) is 1. The summed E-state index contributed by atoms with van der Waals surface area (Å²) in [5.74, 6) is 0.997. The van der Waals surface area contributed by atoms with E-state index in [0.29, 0.717) is 5.03 Å². The lowest BCUT2D eigenvalue weighted by molar-refractivity contribution is 0.253. The summed E-state index contributed by atoms with van der Waals surface area (Å²) in [6.45, 7) is 4.59. The number of piperazine rings is 1. The van der Waals surface area contributed by atoms with Crippen LogP contribution in [0.1, 0.15) is 41.6 Å². The minimum atomic E-state index is -0.172. The second-order valence-electron chi connectivity index (χ2n) is 9.59. The summed E-state index contributed by atoms with van der Waals surface area (Å²) in [5.41, 5.74) is 12.8. The maximum absolute atomic E-state index is 7.19. The molecule has 2 aliphatic heterocycles. The van der Waals surface area contributed by atoms with Crippen molar-refractivity contribution in [3.63, 3.8) is 0 Å². The average Bonchev–Trinajstić information content (AvgIpc) is 2.88. The molecule has 6 rings (SSSR count). The summed E-state index contributed by atoms with van der Waals surface area (Å²) >= 11 is 7.19. The van der Waals surface area contributed by atoms with Crippen LogP contribution in [-0.4, -0.2) is 31.2 Å². The van der Waals surface area contributed by atoms with E-state index in [4.69, 9.17) is 22.3 Å². The van der Waals surface area contributed by atoms with Crippen molar-refractivity contribution in [2.75, 3.05) is 36.0 Å². The number of aromatic nitrogens is 1. The molecule has 174 valence electrons. The number of fused-ring (bicyclic) bond motifs is 1. The predicted molar refractivity (Wildman–Crippen MR) is 141 cm³/mol. The van der Waals surface area contributed by atoms with Gasteiger partial charge in [-0.15, -0.1) is 0 Å². The number of benzene rings is 2. The van der Waals surface area contributed by atoms with E-state index >= 15 is 0 Å². The molecule has 3 aromatic rings. The van der Waals surface area contributed by atoms with Gasteiger partial charge in [0.05, 0.1) is 23.0 Å². The Morgan fingerprint density at radius 3 is 2.32 bits per heavy atom. The predicted octanol–water partition coefficient (Wildman–Crippen LogP) is 4.91. The minimum absolute atomic E-state index is 0.172. The van der Waals surface area contributed by atoms with Crippen molar-refractivity contribution in [3.05, 3.63) is 89.1 Å². The molecular weight excluding hydrogens is 442 g/mol. The number of pyridine rings is 1. The number of para-hydroxylation sites is 1. The minimum Gasteiger partial charge on any atom is -0.354 e. The number of hydrogen-bond acceptors (Lipinski definition) is 5. The Kier molecular flexibility index (Phi) is 5.56. The fourth-order valence-corrected chi connectivity index (χ4v) is 5.64. The first kappa shape index (κ1) is 21.7. The third-order valence-corrected chi connectivity index (χ3v) is 7.82. The summed E-state index contributed by atoms with van der Waals surface area (Å²) in [4.78, 5) is 9.69. The van der Waals surface area contributed by atoms with Crippen molar-refractivity contribution in [1.29, 1.82) is 0 Å². The Hall–Kier alpha value is -2.86. The van der Waals surface area contributed by atoms with Crippen molar-refractivity contribution < 1.29 is 0 Å². The molecule has 3 aliphatic rings. The SMILES string of the molecule is NC1(c2ccc(C3=C(Cl)c4nc(N5CCNCC5)ccc4CN3c3ccccc3)cc2)CCC1. The van der Waals surface area contributed by atoms with E-state index in [1.165, 1.54) is 12.0 Å². The van der Waals surface area contributed by atoms with Gasteiger partial charge in [-0.2, -0.15) is 0 Å². The third kappa shape index (κ3) is 3.78. The van der Waals surface area contributed by atoms with Crippen LogP contribution in [0.4, 0.5) is 11.5 Å². The van der Waals surface area contributed by atoms with Crippen molar-refractivity contribution in [2.45, 2.75) is 31.3 Å². The molecule has 2 aromatic carbocycles. The van der Waals surface area contributed by atoms with E-state index in [-0.39, 0.29) is 5.54 Å². The first-order chi connectivity index (χ1) is 16.6. The van der Waals surface area contributed by atoms with Crippen LogP contribution in [0.25, 0.3) is 10.7 Å². The molecule has 5 nitrogen and oxygen atoms in total. The van der Waals surface area contributed by atoms with Gasteiger partial charge in [0.1, 0.15) is 5.82 Å². The van der Waals surface area contributed by atoms with Crippen molar-refractivity contribution in [3.8, 4) is 0 Å². The molecule has 0 unspecified atom stereocenters. The monoisotopic (exact) mass is 471 g/mol. The molecule has 0 spiro atoms. The molecule has 0 radical (unpaired) electrons. The van der Waals surface area contributed by atoms with Crippen LogP contribution in [0.2, 0.25) is 0 Å². The lowest BCUT2D eigenvalue weighted by Crippen LogP contribution is -2.44. The Bertz CT molecular complexity index is 1210.